The van der Waals surface area contributed by atoms with E-state index in [1.165, 1.54) is 0 Å². The van der Waals surface area contributed by atoms with E-state index >= 15 is 0 Å². The largest absolute Gasteiger partial charge is 0.329 e. The van der Waals surface area contributed by atoms with E-state index in [0.717, 1.165) is 23.2 Å². The van der Waals surface area contributed by atoms with Crippen molar-refractivity contribution in [2.24, 2.45) is 5.92 Å². The van der Waals surface area contributed by atoms with Crippen LogP contribution in [0.15, 0.2) is 71.5 Å². The number of halogens is 1. The number of aryl methyl sites for hydroxylation is 2. The first-order valence-corrected chi connectivity index (χ1v) is 12.7. The molecule has 1 atom stereocenters. The van der Waals surface area contributed by atoms with Gasteiger partial charge in [0.05, 0.1) is 22.6 Å². The second-order valence-electron chi connectivity index (χ2n) is 9.78. The molecule has 0 aliphatic carbocycles. The molecule has 1 amide bonds. The van der Waals surface area contributed by atoms with Gasteiger partial charge in [0.2, 0.25) is 0 Å². The van der Waals surface area contributed by atoms with E-state index in [1.54, 1.807) is 34.9 Å². The lowest BCUT2D eigenvalue weighted by Gasteiger charge is -2.31. The van der Waals surface area contributed by atoms with Crippen LogP contribution in [0.5, 0.6) is 0 Å². The summed E-state index contributed by atoms with van der Waals surface area (Å²) in [7, 11) is 0. The van der Waals surface area contributed by atoms with Crippen molar-refractivity contribution in [1.29, 1.82) is 0 Å². The molecule has 1 aromatic heterocycles. The van der Waals surface area contributed by atoms with E-state index in [-0.39, 0.29) is 11.5 Å². The van der Waals surface area contributed by atoms with Gasteiger partial charge >= 0.3 is 0 Å². The van der Waals surface area contributed by atoms with E-state index < -0.39 is 6.04 Å². The third-order valence-corrected chi connectivity index (χ3v) is 6.79. The van der Waals surface area contributed by atoms with E-state index in [0.29, 0.717) is 39.8 Å². The lowest BCUT2D eigenvalue weighted by Crippen LogP contribution is -2.38. The fraction of sp³-hybridized carbons (Fsp3) is 0.300. The molecule has 0 saturated heterocycles. The Morgan fingerprint density at radius 1 is 1.00 bits per heavy atom. The Morgan fingerprint density at radius 2 is 1.69 bits per heavy atom. The summed E-state index contributed by atoms with van der Waals surface area (Å²) < 4.78 is 1.68. The van der Waals surface area contributed by atoms with Gasteiger partial charge in [-0.3, -0.25) is 14.2 Å². The molecule has 0 N–H and O–H groups in total. The predicted octanol–water partition coefficient (Wildman–Crippen LogP) is 6.91. The van der Waals surface area contributed by atoms with Gasteiger partial charge in [0.1, 0.15) is 5.82 Å². The summed E-state index contributed by atoms with van der Waals surface area (Å²) >= 11 is 6.07. The summed E-state index contributed by atoms with van der Waals surface area (Å²) in [6, 6.07) is 19.8. The van der Waals surface area contributed by atoms with E-state index in [9.17, 15) is 9.59 Å². The molecule has 36 heavy (non-hydrogen) atoms. The van der Waals surface area contributed by atoms with Crippen LogP contribution in [0.2, 0.25) is 5.02 Å². The van der Waals surface area contributed by atoms with Crippen LogP contribution in [0.1, 0.15) is 60.5 Å². The zero-order chi connectivity index (χ0) is 26.0. The van der Waals surface area contributed by atoms with Crippen LogP contribution in [0.25, 0.3) is 16.6 Å². The molecule has 0 saturated carbocycles. The van der Waals surface area contributed by atoms with Gasteiger partial charge in [0, 0.05) is 17.1 Å². The molecule has 4 aromatic rings. The number of hydrogen-bond acceptors (Lipinski definition) is 3. The summed E-state index contributed by atoms with van der Waals surface area (Å²) in [5.74, 6) is 0.829. The van der Waals surface area contributed by atoms with Crippen molar-refractivity contribution in [2.45, 2.75) is 47.1 Å². The third-order valence-electron chi connectivity index (χ3n) is 6.54. The maximum atomic E-state index is 13.9. The molecule has 0 aliphatic rings. The molecule has 0 fully saturated rings. The Morgan fingerprint density at radius 3 is 2.36 bits per heavy atom. The molecule has 4 rings (SSSR count). The zero-order valence-electron chi connectivity index (χ0n) is 21.5. The first kappa shape index (κ1) is 25.6. The lowest BCUT2D eigenvalue weighted by molar-refractivity contribution is 0.0671. The van der Waals surface area contributed by atoms with Crippen molar-refractivity contribution in [3.05, 3.63) is 105 Å². The summed E-state index contributed by atoms with van der Waals surface area (Å²) in [5, 5.41) is 1.12. The predicted molar refractivity (Wildman–Crippen MR) is 147 cm³/mol. The van der Waals surface area contributed by atoms with Crippen LogP contribution in [0.3, 0.4) is 0 Å². The minimum absolute atomic E-state index is 0.116. The smallest absolute Gasteiger partial charge is 0.266 e. The Bertz CT molecular complexity index is 1460. The number of aromatic nitrogens is 2. The topological polar surface area (TPSA) is 55.2 Å². The second kappa shape index (κ2) is 10.7. The molecule has 3 aromatic carbocycles. The van der Waals surface area contributed by atoms with Crippen LogP contribution in [-0.2, 0) is 0 Å². The Balaban J connectivity index is 1.92. The summed E-state index contributed by atoms with van der Waals surface area (Å²) in [6.45, 7) is 10.8. The zero-order valence-corrected chi connectivity index (χ0v) is 22.2. The monoisotopic (exact) mass is 501 g/mol. The maximum Gasteiger partial charge on any atom is 0.266 e. The van der Waals surface area contributed by atoms with Crippen LogP contribution >= 0.6 is 11.6 Å². The molecule has 0 spiro atoms. The number of fused-ring (bicyclic) bond motifs is 1. The highest BCUT2D eigenvalue weighted by Crippen LogP contribution is 2.27. The molecule has 1 heterocycles. The summed E-state index contributed by atoms with van der Waals surface area (Å²) in [6.07, 6.45) is 0.824. The number of nitrogens with zero attached hydrogens (tertiary/aromatic N) is 3. The van der Waals surface area contributed by atoms with Gasteiger partial charge in [0.25, 0.3) is 11.5 Å². The van der Waals surface area contributed by atoms with Gasteiger partial charge in [-0.05, 0) is 81.1 Å². The number of benzene rings is 3. The van der Waals surface area contributed by atoms with Crippen molar-refractivity contribution in [1.82, 2.24) is 14.5 Å². The number of carbonyl (C=O) groups is 1. The molecule has 0 aliphatic heterocycles. The maximum absolute atomic E-state index is 13.9. The molecule has 186 valence electrons. The highest BCUT2D eigenvalue weighted by Gasteiger charge is 2.28. The Kier molecular flexibility index (Phi) is 7.60. The highest BCUT2D eigenvalue weighted by molar-refractivity contribution is 6.30. The van der Waals surface area contributed by atoms with Crippen LogP contribution < -0.4 is 5.56 Å². The van der Waals surface area contributed by atoms with Gasteiger partial charge in [-0.2, -0.15) is 0 Å². The van der Waals surface area contributed by atoms with Crippen LogP contribution in [0.4, 0.5) is 0 Å². The molecule has 0 bridgehead atoms. The van der Waals surface area contributed by atoms with Crippen molar-refractivity contribution in [3.8, 4) is 5.69 Å². The minimum Gasteiger partial charge on any atom is -0.329 e. The van der Waals surface area contributed by atoms with Crippen molar-refractivity contribution in [2.75, 3.05) is 6.54 Å². The molecule has 0 radical (unpaired) electrons. The average Bonchev–Trinajstić information content (AvgIpc) is 2.85. The van der Waals surface area contributed by atoms with Crippen molar-refractivity contribution < 1.29 is 4.79 Å². The van der Waals surface area contributed by atoms with Gasteiger partial charge < -0.3 is 4.90 Å². The van der Waals surface area contributed by atoms with E-state index in [2.05, 4.69) is 19.9 Å². The number of amides is 1. The number of hydrogen-bond donors (Lipinski definition) is 0. The lowest BCUT2D eigenvalue weighted by atomic mass is 10.1. The average molecular weight is 502 g/mol. The van der Waals surface area contributed by atoms with E-state index in [1.807, 2.05) is 56.0 Å². The van der Waals surface area contributed by atoms with Crippen LogP contribution in [0, 0.1) is 19.8 Å². The molecule has 5 nitrogen and oxygen atoms in total. The summed E-state index contributed by atoms with van der Waals surface area (Å²) in [4.78, 5) is 34.4. The highest BCUT2D eigenvalue weighted by atomic mass is 35.5. The normalized spacial score (nSPS) is 12.2. The second-order valence-corrected chi connectivity index (χ2v) is 10.2. The molecule has 1 unspecified atom stereocenters. The first-order valence-electron chi connectivity index (χ1n) is 12.3. The Labute approximate surface area is 217 Å². The van der Waals surface area contributed by atoms with Gasteiger partial charge in [0.15, 0.2) is 0 Å². The number of rotatable bonds is 7. The number of para-hydroxylation sites is 1. The SMILES string of the molecule is Cc1ccc(-n2c(C(C)N(CCC(C)C)C(=O)c3ccc(Cl)cc3)nc3ccccc3c2=O)c(C)c1. The first-order chi connectivity index (χ1) is 17.2. The van der Waals surface area contributed by atoms with Gasteiger partial charge in [-0.1, -0.05) is 55.3 Å². The minimum atomic E-state index is -0.454. The molecule has 6 heteroatoms. The third kappa shape index (κ3) is 5.21. The molecular weight excluding hydrogens is 470 g/mol. The quantitative estimate of drug-likeness (QED) is 0.276. The Hall–Kier alpha value is -3.44. The fourth-order valence-electron chi connectivity index (χ4n) is 4.49. The van der Waals surface area contributed by atoms with Gasteiger partial charge in [-0.25, -0.2) is 4.98 Å². The van der Waals surface area contributed by atoms with Gasteiger partial charge in [-0.15, -0.1) is 0 Å². The van der Waals surface area contributed by atoms with Crippen LogP contribution in [-0.4, -0.2) is 26.9 Å². The van der Waals surface area contributed by atoms with E-state index in [4.69, 9.17) is 16.6 Å². The fourth-order valence-corrected chi connectivity index (χ4v) is 4.61. The molecular formula is C30H32ClN3O2. The summed E-state index contributed by atoms with van der Waals surface area (Å²) in [5.41, 5.74) is 3.89. The van der Waals surface area contributed by atoms with Crippen molar-refractivity contribution in [3.63, 3.8) is 0 Å². The standard InChI is InChI=1S/C30H32ClN3O2/c1-19(2)16-17-33(29(35)23-11-13-24(31)14-12-23)22(5)28-32-26-9-7-6-8-25(26)30(36)34(28)27-15-10-20(3)18-21(27)4/h6-15,18-19,22H,16-17H2,1-5H3. The van der Waals surface area contributed by atoms with Crippen molar-refractivity contribution >= 4 is 28.4 Å². The number of carbonyl (C=O) groups excluding carboxylic acids is 1.